The lowest BCUT2D eigenvalue weighted by Gasteiger charge is -2.19. The molecule has 0 aliphatic heterocycles. The van der Waals surface area contributed by atoms with Gasteiger partial charge in [-0.3, -0.25) is 4.79 Å². The maximum Gasteiger partial charge on any atom is 0.236 e. The van der Waals surface area contributed by atoms with Gasteiger partial charge in [-0.05, 0) is 43.3 Å². The van der Waals surface area contributed by atoms with Gasteiger partial charge in [0.25, 0.3) is 0 Å². The standard InChI is InChI=1S/C18H22N6O3S2/c1-18(2,3)24-17(21-22-23-24)29-10-15(25)20-16-19-13(9-28-16)12-7-6-11(26-4)8-14(12)27-5/h6-9H,10H2,1-5H3,(H,19,20,25). The van der Waals surface area contributed by atoms with E-state index < -0.39 is 0 Å². The van der Waals surface area contributed by atoms with E-state index in [9.17, 15) is 4.79 Å². The zero-order valence-electron chi connectivity index (χ0n) is 16.8. The molecule has 0 atom stereocenters. The highest BCUT2D eigenvalue weighted by Crippen LogP contribution is 2.34. The number of thiazole rings is 1. The lowest BCUT2D eigenvalue weighted by molar-refractivity contribution is -0.113. The molecule has 3 aromatic rings. The summed E-state index contributed by atoms with van der Waals surface area (Å²) < 4.78 is 12.3. The van der Waals surface area contributed by atoms with Crippen molar-refractivity contribution in [1.29, 1.82) is 0 Å². The second kappa shape index (κ2) is 8.78. The van der Waals surface area contributed by atoms with Gasteiger partial charge in [0.1, 0.15) is 11.5 Å². The molecule has 0 bridgehead atoms. The molecular formula is C18H22N6O3S2. The van der Waals surface area contributed by atoms with Crippen molar-refractivity contribution < 1.29 is 14.3 Å². The Labute approximate surface area is 176 Å². The number of benzene rings is 1. The molecule has 1 N–H and O–H groups in total. The third kappa shape index (κ3) is 5.04. The monoisotopic (exact) mass is 434 g/mol. The van der Waals surface area contributed by atoms with Crippen molar-refractivity contribution >= 4 is 34.1 Å². The molecular weight excluding hydrogens is 412 g/mol. The lowest BCUT2D eigenvalue weighted by Crippen LogP contribution is -2.24. The van der Waals surface area contributed by atoms with Crippen LogP contribution in [-0.2, 0) is 10.3 Å². The number of aromatic nitrogens is 5. The Kier molecular flexibility index (Phi) is 6.38. The summed E-state index contributed by atoms with van der Waals surface area (Å²) in [6.07, 6.45) is 0. The fraction of sp³-hybridized carbons (Fsp3) is 0.389. The highest BCUT2D eigenvalue weighted by Gasteiger charge is 2.21. The minimum absolute atomic E-state index is 0.178. The Balaban J connectivity index is 1.65. The molecule has 0 fully saturated rings. The maximum absolute atomic E-state index is 12.3. The van der Waals surface area contributed by atoms with Gasteiger partial charge in [-0.1, -0.05) is 11.8 Å². The largest absolute Gasteiger partial charge is 0.497 e. The number of anilines is 1. The van der Waals surface area contributed by atoms with Gasteiger partial charge >= 0.3 is 0 Å². The molecule has 29 heavy (non-hydrogen) atoms. The lowest BCUT2D eigenvalue weighted by atomic mass is 10.1. The van der Waals surface area contributed by atoms with E-state index in [-0.39, 0.29) is 17.2 Å². The molecule has 1 aromatic carbocycles. The Hall–Kier alpha value is -2.66. The van der Waals surface area contributed by atoms with Gasteiger partial charge in [-0.25, -0.2) is 9.67 Å². The first-order valence-corrected chi connectivity index (χ1v) is 10.6. The summed E-state index contributed by atoms with van der Waals surface area (Å²) in [4.78, 5) is 16.8. The predicted molar refractivity (Wildman–Crippen MR) is 113 cm³/mol. The highest BCUT2D eigenvalue weighted by atomic mass is 32.2. The van der Waals surface area contributed by atoms with Gasteiger partial charge in [-0.15, -0.1) is 16.4 Å². The van der Waals surface area contributed by atoms with Crippen LogP contribution in [0.3, 0.4) is 0 Å². The molecule has 11 heteroatoms. The predicted octanol–water partition coefficient (Wildman–Crippen LogP) is 3.30. The zero-order valence-corrected chi connectivity index (χ0v) is 18.4. The van der Waals surface area contributed by atoms with Gasteiger partial charge in [-0.2, -0.15) is 0 Å². The van der Waals surface area contributed by atoms with Crippen molar-refractivity contribution in [2.24, 2.45) is 0 Å². The van der Waals surface area contributed by atoms with Gasteiger partial charge < -0.3 is 14.8 Å². The number of hydrogen-bond donors (Lipinski definition) is 1. The Morgan fingerprint density at radius 2 is 2.07 bits per heavy atom. The van der Waals surface area contributed by atoms with Crippen LogP contribution in [0.15, 0.2) is 28.7 Å². The van der Waals surface area contributed by atoms with Crippen molar-refractivity contribution in [3.05, 3.63) is 23.6 Å². The Morgan fingerprint density at radius 1 is 1.28 bits per heavy atom. The van der Waals surface area contributed by atoms with E-state index in [2.05, 4.69) is 25.8 Å². The summed E-state index contributed by atoms with van der Waals surface area (Å²) in [5.74, 6) is 1.35. The Bertz CT molecular complexity index is 996. The molecule has 2 aromatic heterocycles. The van der Waals surface area contributed by atoms with Crippen LogP contribution in [-0.4, -0.2) is 51.1 Å². The van der Waals surface area contributed by atoms with Crippen LogP contribution in [0.25, 0.3) is 11.3 Å². The summed E-state index contributed by atoms with van der Waals surface area (Å²) in [6, 6.07) is 5.51. The van der Waals surface area contributed by atoms with Crippen molar-refractivity contribution in [2.75, 3.05) is 25.3 Å². The van der Waals surface area contributed by atoms with Crippen molar-refractivity contribution in [1.82, 2.24) is 25.2 Å². The second-order valence-corrected chi connectivity index (χ2v) is 8.79. The fourth-order valence-electron chi connectivity index (χ4n) is 2.44. The number of rotatable bonds is 7. The average Bonchev–Trinajstić information content (AvgIpc) is 3.35. The number of nitrogens with one attached hydrogen (secondary N) is 1. The first kappa shape index (κ1) is 21.1. The third-order valence-corrected chi connectivity index (χ3v) is 5.52. The van der Waals surface area contributed by atoms with E-state index in [1.807, 2.05) is 38.3 Å². The van der Waals surface area contributed by atoms with Crippen molar-refractivity contribution in [3.8, 4) is 22.8 Å². The molecule has 0 saturated carbocycles. The summed E-state index contributed by atoms with van der Waals surface area (Å²) in [6.45, 7) is 5.99. The van der Waals surface area contributed by atoms with Gasteiger partial charge in [0.15, 0.2) is 5.13 Å². The van der Waals surface area contributed by atoms with E-state index in [4.69, 9.17) is 9.47 Å². The number of carbonyl (C=O) groups is 1. The smallest absolute Gasteiger partial charge is 0.236 e. The third-order valence-electron chi connectivity index (χ3n) is 3.84. The van der Waals surface area contributed by atoms with Crippen molar-refractivity contribution in [2.45, 2.75) is 31.5 Å². The summed E-state index contributed by atoms with van der Waals surface area (Å²) >= 11 is 2.63. The molecule has 9 nitrogen and oxygen atoms in total. The SMILES string of the molecule is COc1ccc(-c2csc(NC(=O)CSc3nnnn3C(C)(C)C)n2)c(OC)c1. The number of methoxy groups -OCH3 is 2. The van der Waals surface area contributed by atoms with Crippen LogP contribution in [0.2, 0.25) is 0 Å². The van der Waals surface area contributed by atoms with Crippen LogP contribution in [0.1, 0.15) is 20.8 Å². The first-order chi connectivity index (χ1) is 13.8. The number of thioether (sulfide) groups is 1. The maximum atomic E-state index is 12.3. The quantitative estimate of drug-likeness (QED) is 0.565. The number of amides is 1. The molecule has 0 spiro atoms. The van der Waals surface area contributed by atoms with Crippen LogP contribution in [0.5, 0.6) is 11.5 Å². The molecule has 2 heterocycles. The van der Waals surface area contributed by atoms with E-state index in [1.165, 1.54) is 23.1 Å². The van der Waals surface area contributed by atoms with E-state index in [0.29, 0.717) is 27.5 Å². The Morgan fingerprint density at radius 3 is 2.76 bits per heavy atom. The average molecular weight is 435 g/mol. The van der Waals surface area contributed by atoms with E-state index >= 15 is 0 Å². The number of tetrazole rings is 1. The van der Waals surface area contributed by atoms with Gasteiger partial charge in [0, 0.05) is 17.0 Å². The summed E-state index contributed by atoms with van der Waals surface area (Å²) in [7, 11) is 3.19. The minimum atomic E-state index is -0.260. The highest BCUT2D eigenvalue weighted by molar-refractivity contribution is 7.99. The number of carbonyl (C=O) groups excluding carboxylic acids is 1. The molecule has 0 unspecified atom stereocenters. The normalized spacial score (nSPS) is 11.3. The topological polar surface area (TPSA) is 104 Å². The minimum Gasteiger partial charge on any atom is -0.497 e. The molecule has 154 valence electrons. The van der Waals surface area contributed by atoms with E-state index in [1.54, 1.807) is 25.0 Å². The van der Waals surface area contributed by atoms with Crippen LogP contribution < -0.4 is 14.8 Å². The van der Waals surface area contributed by atoms with Crippen LogP contribution in [0.4, 0.5) is 5.13 Å². The van der Waals surface area contributed by atoms with Crippen molar-refractivity contribution in [3.63, 3.8) is 0 Å². The molecule has 1 amide bonds. The summed E-state index contributed by atoms with van der Waals surface area (Å²) in [5.41, 5.74) is 1.28. The first-order valence-electron chi connectivity index (χ1n) is 8.71. The molecule has 0 saturated heterocycles. The number of hydrogen-bond acceptors (Lipinski definition) is 9. The fourth-order valence-corrected chi connectivity index (χ4v) is 4.03. The van der Waals surface area contributed by atoms with Crippen LogP contribution in [0, 0.1) is 0 Å². The molecule has 3 rings (SSSR count). The molecule has 0 aliphatic rings. The molecule has 0 aliphatic carbocycles. The number of nitrogens with zero attached hydrogens (tertiary/aromatic N) is 5. The van der Waals surface area contributed by atoms with E-state index in [0.717, 1.165) is 5.56 Å². The van der Waals surface area contributed by atoms with Gasteiger partial charge in [0.05, 0.1) is 31.2 Å². The molecule has 0 radical (unpaired) electrons. The summed E-state index contributed by atoms with van der Waals surface area (Å²) in [5, 5.41) is 17.5. The zero-order chi connectivity index (χ0) is 21.0. The van der Waals surface area contributed by atoms with Crippen LogP contribution >= 0.6 is 23.1 Å². The number of ether oxygens (including phenoxy) is 2. The van der Waals surface area contributed by atoms with Gasteiger partial charge in [0.2, 0.25) is 11.1 Å². The second-order valence-electron chi connectivity index (χ2n) is 6.99.